The van der Waals surface area contributed by atoms with Crippen molar-refractivity contribution in [2.75, 3.05) is 10.6 Å². The standard InChI is InChI=1S/C16H15N5O2S/c1-9(2)14(22)21-16-20-11-7-10(3-4-13(11)24-16)19-15(23)12-8-17-5-6-18-12/h3-9H,1-2H3,(H,19,23)(H,20,21,22). The van der Waals surface area contributed by atoms with Gasteiger partial charge in [0.05, 0.1) is 16.4 Å². The summed E-state index contributed by atoms with van der Waals surface area (Å²) < 4.78 is 0.923. The van der Waals surface area contributed by atoms with Crippen LogP contribution in [0.2, 0.25) is 0 Å². The highest BCUT2D eigenvalue weighted by molar-refractivity contribution is 7.22. The van der Waals surface area contributed by atoms with Crippen molar-refractivity contribution in [2.45, 2.75) is 13.8 Å². The van der Waals surface area contributed by atoms with Crippen LogP contribution in [0.15, 0.2) is 36.8 Å². The van der Waals surface area contributed by atoms with E-state index in [1.165, 1.54) is 29.9 Å². The number of anilines is 2. The first-order valence-electron chi connectivity index (χ1n) is 7.32. The van der Waals surface area contributed by atoms with Gasteiger partial charge in [0.15, 0.2) is 5.13 Å². The van der Waals surface area contributed by atoms with Crippen LogP contribution < -0.4 is 10.6 Å². The molecule has 3 aromatic rings. The van der Waals surface area contributed by atoms with Crippen LogP contribution in [0.3, 0.4) is 0 Å². The molecule has 2 heterocycles. The first-order valence-corrected chi connectivity index (χ1v) is 8.13. The van der Waals surface area contributed by atoms with Crippen LogP contribution in [0.5, 0.6) is 0 Å². The molecule has 0 saturated heterocycles. The highest BCUT2D eigenvalue weighted by Gasteiger charge is 2.12. The molecule has 122 valence electrons. The van der Waals surface area contributed by atoms with Gasteiger partial charge < -0.3 is 10.6 Å². The molecule has 2 aromatic heterocycles. The molecule has 1 aromatic carbocycles. The average molecular weight is 341 g/mol. The summed E-state index contributed by atoms with van der Waals surface area (Å²) in [7, 11) is 0. The normalized spacial score (nSPS) is 10.8. The minimum Gasteiger partial charge on any atom is -0.321 e. The molecule has 0 aliphatic heterocycles. The fourth-order valence-corrected chi connectivity index (χ4v) is 2.77. The maximum absolute atomic E-state index is 12.1. The van der Waals surface area contributed by atoms with Gasteiger partial charge in [0, 0.05) is 24.0 Å². The van der Waals surface area contributed by atoms with Crippen molar-refractivity contribution in [3.63, 3.8) is 0 Å². The number of amides is 2. The average Bonchev–Trinajstić information content (AvgIpc) is 2.97. The Morgan fingerprint density at radius 1 is 1.17 bits per heavy atom. The molecule has 7 nitrogen and oxygen atoms in total. The smallest absolute Gasteiger partial charge is 0.275 e. The molecule has 0 atom stereocenters. The van der Waals surface area contributed by atoms with E-state index >= 15 is 0 Å². The van der Waals surface area contributed by atoms with E-state index < -0.39 is 0 Å². The van der Waals surface area contributed by atoms with E-state index in [2.05, 4.69) is 25.6 Å². The number of aromatic nitrogens is 3. The quantitative estimate of drug-likeness (QED) is 0.760. The van der Waals surface area contributed by atoms with Gasteiger partial charge >= 0.3 is 0 Å². The maximum atomic E-state index is 12.1. The van der Waals surface area contributed by atoms with Crippen LogP contribution in [-0.2, 0) is 4.79 Å². The number of hydrogen-bond acceptors (Lipinski definition) is 6. The van der Waals surface area contributed by atoms with Crippen LogP contribution in [0.1, 0.15) is 24.3 Å². The largest absolute Gasteiger partial charge is 0.321 e. The van der Waals surface area contributed by atoms with Crippen LogP contribution in [0.25, 0.3) is 10.2 Å². The Labute approximate surface area is 142 Å². The summed E-state index contributed by atoms with van der Waals surface area (Å²) in [4.78, 5) is 36.0. The lowest BCUT2D eigenvalue weighted by molar-refractivity contribution is -0.118. The molecule has 0 unspecified atom stereocenters. The van der Waals surface area contributed by atoms with Crippen LogP contribution in [-0.4, -0.2) is 26.8 Å². The van der Waals surface area contributed by atoms with E-state index in [1.807, 2.05) is 19.9 Å². The number of thiazole rings is 1. The predicted octanol–water partition coefficient (Wildman–Crippen LogP) is 2.93. The molecule has 0 spiro atoms. The second-order valence-electron chi connectivity index (χ2n) is 5.39. The molecule has 3 rings (SSSR count). The van der Waals surface area contributed by atoms with Crippen molar-refractivity contribution >= 4 is 44.2 Å². The van der Waals surface area contributed by atoms with Crippen molar-refractivity contribution in [3.8, 4) is 0 Å². The Hall–Kier alpha value is -2.87. The molecule has 2 amide bonds. The van der Waals surface area contributed by atoms with Gasteiger partial charge in [0.2, 0.25) is 5.91 Å². The summed E-state index contributed by atoms with van der Waals surface area (Å²) >= 11 is 1.39. The highest BCUT2D eigenvalue weighted by Crippen LogP contribution is 2.28. The number of fused-ring (bicyclic) bond motifs is 1. The van der Waals surface area contributed by atoms with Gasteiger partial charge in [0.25, 0.3) is 5.91 Å². The summed E-state index contributed by atoms with van der Waals surface area (Å²) in [5, 5.41) is 6.08. The zero-order valence-corrected chi connectivity index (χ0v) is 13.9. The summed E-state index contributed by atoms with van der Waals surface area (Å²) in [5.74, 6) is -0.532. The zero-order chi connectivity index (χ0) is 17.1. The van der Waals surface area contributed by atoms with Crippen molar-refractivity contribution in [3.05, 3.63) is 42.5 Å². The third-order valence-electron chi connectivity index (χ3n) is 3.20. The monoisotopic (exact) mass is 341 g/mol. The van der Waals surface area contributed by atoms with Crippen molar-refractivity contribution in [2.24, 2.45) is 5.92 Å². The van der Waals surface area contributed by atoms with E-state index in [4.69, 9.17) is 0 Å². The Bertz CT molecular complexity index is 892. The number of benzene rings is 1. The summed E-state index contributed by atoms with van der Waals surface area (Å²) in [5.41, 5.74) is 1.54. The molecule has 0 aliphatic carbocycles. The van der Waals surface area contributed by atoms with E-state index in [-0.39, 0.29) is 23.4 Å². The number of nitrogens with one attached hydrogen (secondary N) is 2. The first kappa shape index (κ1) is 16.0. The summed E-state index contributed by atoms with van der Waals surface area (Å²) in [6, 6.07) is 5.39. The van der Waals surface area contributed by atoms with Crippen LogP contribution >= 0.6 is 11.3 Å². The number of carbonyl (C=O) groups is 2. The lowest BCUT2D eigenvalue weighted by atomic mass is 10.2. The molecule has 0 radical (unpaired) electrons. The Morgan fingerprint density at radius 3 is 2.71 bits per heavy atom. The lowest BCUT2D eigenvalue weighted by Crippen LogP contribution is -2.17. The van der Waals surface area contributed by atoms with Crippen LogP contribution in [0, 0.1) is 5.92 Å². The van der Waals surface area contributed by atoms with Gasteiger partial charge in [-0.2, -0.15) is 0 Å². The molecule has 0 bridgehead atoms. The van der Waals surface area contributed by atoms with Gasteiger partial charge in [-0.05, 0) is 18.2 Å². The molecule has 0 fully saturated rings. The van der Waals surface area contributed by atoms with Gasteiger partial charge in [-0.3, -0.25) is 14.6 Å². The zero-order valence-electron chi connectivity index (χ0n) is 13.1. The number of hydrogen-bond donors (Lipinski definition) is 2. The summed E-state index contributed by atoms with van der Waals surface area (Å²) in [6.45, 7) is 3.64. The molecular formula is C16H15N5O2S. The van der Waals surface area contributed by atoms with Gasteiger partial charge in [0.1, 0.15) is 5.69 Å². The first-order chi connectivity index (χ1) is 11.5. The minimum atomic E-state index is -0.342. The van der Waals surface area contributed by atoms with Gasteiger partial charge in [-0.25, -0.2) is 9.97 Å². The van der Waals surface area contributed by atoms with E-state index in [9.17, 15) is 9.59 Å². The van der Waals surface area contributed by atoms with Gasteiger partial charge in [-0.15, -0.1) is 0 Å². The van der Waals surface area contributed by atoms with E-state index in [1.54, 1.807) is 12.1 Å². The summed E-state index contributed by atoms with van der Waals surface area (Å²) in [6.07, 6.45) is 4.36. The fraction of sp³-hybridized carbons (Fsp3) is 0.188. The van der Waals surface area contributed by atoms with Gasteiger partial charge in [-0.1, -0.05) is 25.2 Å². The minimum absolute atomic E-state index is 0.0785. The molecule has 2 N–H and O–H groups in total. The Kier molecular flexibility index (Phi) is 4.48. The second kappa shape index (κ2) is 6.71. The fourth-order valence-electron chi connectivity index (χ4n) is 1.92. The SMILES string of the molecule is CC(C)C(=O)Nc1nc2cc(NC(=O)c3cnccn3)ccc2s1. The van der Waals surface area contributed by atoms with Crippen molar-refractivity contribution in [1.82, 2.24) is 15.0 Å². The molecular weight excluding hydrogens is 326 g/mol. The maximum Gasteiger partial charge on any atom is 0.275 e. The van der Waals surface area contributed by atoms with Crippen LogP contribution in [0.4, 0.5) is 10.8 Å². The topological polar surface area (TPSA) is 96.9 Å². The third-order valence-corrected chi connectivity index (χ3v) is 4.15. The molecule has 0 aliphatic rings. The highest BCUT2D eigenvalue weighted by atomic mass is 32.1. The predicted molar refractivity (Wildman–Crippen MR) is 93.1 cm³/mol. The van der Waals surface area contributed by atoms with Crippen molar-refractivity contribution in [1.29, 1.82) is 0 Å². The lowest BCUT2D eigenvalue weighted by Gasteiger charge is -2.03. The molecule has 0 saturated carbocycles. The Balaban J connectivity index is 1.78. The number of rotatable bonds is 4. The Morgan fingerprint density at radius 2 is 2.00 bits per heavy atom. The molecule has 24 heavy (non-hydrogen) atoms. The van der Waals surface area contributed by atoms with Crippen molar-refractivity contribution < 1.29 is 9.59 Å². The number of nitrogens with zero attached hydrogens (tertiary/aromatic N) is 3. The van der Waals surface area contributed by atoms with E-state index in [0.29, 0.717) is 16.3 Å². The second-order valence-corrected chi connectivity index (χ2v) is 6.42. The molecule has 8 heteroatoms. The van der Waals surface area contributed by atoms with E-state index in [0.717, 1.165) is 4.70 Å². The number of carbonyl (C=O) groups excluding carboxylic acids is 2. The third kappa shape index (κ3) is 3.54.